The molecule has 1 aliphatic rings. The molecule has 0 radical (unpaired) electrons. The predicted octanol–water partition coefficient (Wildman–Crippen LogP) is 2.37. The zero-order valence-electron chi connectivity index (χ0n) is 12.0. The van der Waals surface area contributed by atoms with Crippen LogP contribution in [0.2, 0.25) is 0 Å². The fourth-order valence-electron chi connectivity index (χ4n) is 2.38. The molecule has 1 aromatic rings. The lowest BCUT2D eigenvalue weighted by Gasteiger charge is -2.20. The van der Waals surface area contributed by atoms with E-state index in [1.54, 1.807) is 0 Å². The monoisotopic (exact) mass is 298 g/mol. The van der Waals surface area contributed by atoms with Crippen LogP contribution in [0.25, 0.3) is 0 Å². The van der Waals surface area contributed by atoms with Crippen LogP contribution < -0.4 is 10.6 Å². The molecule has 2 N–H and O–H groups in total. The van der Waals surface area contributed by atoms with Gasteiger partial charge in [-0.25, -0.2) is 13.6 Å². The topological polar surface area (TPSA) is 50.4 Å². The van der Waals surface area contributed by atoms with Gasteiger partial charge in [0.25, 0.3) is 0 Å². The lowest BCUT2D eigenvalue weighted by atomic mass is 10.1. The molecule has 6 heteroatoms. The normalized spacial score (nSPS) is 19.3. The number of hydrogen-bond acceptors (Lipinski definition) is 2. The number of hydrogen-bond donors (Lipinski definition) is 2. The van der Waals surface area contributed by atoms with E-state index in [4.69, 9.17) is 4.74 Å². The van der Waals surface area contributed by atoms with Crippen molar-refractivity contribution in [2.75, 3.05) is 13.2 Å². The molecule has 2 rings (SSSR count). The first kappa shape index (κ1) is 15.7. The highest BCUT2D eigenvalue weighted by Gasteiger charge is 2.23. The summed E-state index contributed by atoms with van der Waals surface area (Å²) in [7, 11) is 0. The molecule has 1 aromatic carbocycles. The third-order valence-corrected chi connectivity index (χ3v) is 3.58. The number of ether oxygens (including phenoxy) is 1. The van der Waals surface area contributed by atoms with Crippen LogP contribution in [0.3, 0.4) is 0 Å². The largest absolute Gasteiger partial charge is 0.376 e. The van der Waals surface area contributed by atoms with Gasteiger partial charge in [-0.1, -0.05) is 6.07 Å². The summed E-state index contributed by atoms with van der Waals surface area (Å²) >= 11 is 0. The van der Waals surface area contributed by atoms with E-state index in [2.05, 4.69) is 10.6 Å². The van der Waals surface area contributed by atoms with E-state index in [-0.39, 0.29) is 24.7 Å². The Morgan fingerprint density at radius 3 is 2.95 bits per heavy atom. The molecule has 1 aliphatic heterocycles. The van der Waals surface area contributed by atoms with Gasteiger partial charge in [0.1, 0.15) is 11.6 Å². The fraction of sp³-hybridized carbons (Fsp3) is 0.533. The summed E-state index contributed by atoms with van der Waals surface area (Å²) < 4.78 is 31.7. The second kappa shape index (κ2) is 7.36. The summed E-state index contributed by atoms with van der Waals surface area (Å²) in [6, 6.07) is 3.07. The summed E-state index contributed by atoms with van der Waals surface area (Å²) in [4.78, 5) is 11.7. The third-order valence-electron chi connectivity index (χ3n) is 3.58. The van der Waals surface area contributed by atoms with Crippen molar-refractivity contribution in [2.45, 2.75) is 38.3 Å². The Bertz CT molecular complexity index is 491. The van der Waals surface area contributed by atoms with Crippen molar-refractivity contribution in [3.05, 3.63) is 35.4 Å². The lowest BCUT2D eigenvalue weighted by molar-refractivity contribution is 0.0860. The SMILES string of the molecule is C[C@@H](NC(=O)NCCc1ccc(F)cc1F)[C@@H]1CCCO1. The minimum atomic E-state index is -0.604. The number of amides is 2. The number of halogens is 2. The van der Waals surface area contributed by atoms with Gasteiger partial charge in [0, 0.05) is 19.2 Å². The molecule has 0 spiro atoms. The molecule has 2 atom stereocenters. The Kier molecular flexibility index (Phi) is 5.50. The second-order valence-electron chi connectivity index (χ2n) is 5.23. The van der Waals surface area contributed by atoms with Crippen molar-refractivity contribution >= 4 is 6.03 Å². The van der Waals surface area contributed by atoms with Gasteiger partial charge < -0.3 is 15.4 Å². The van der Waals surface area contributed by atoms with Crippen LogP contribution in [0, 0.1) is 11.6 Å². The van der Waals surface area contributed by atoms with E-state index in [1.165, 1.54) is 12.1 Å². The van der Waals surface area contributed by atoms with Gasteiger partial charge in [0.05, 0.1) is 12.1 Å². The second-order valence-corrected chi connectivity index (χ2v) is 5.23. The Morgan fingerprint density at radius 1 is 1.48 bits per heavy atom. The zero-order valence-corrected chi connectivity index (χ0v) is 12.0. The number of nitrogens with one attached hydrogen (secondary N) is 2. The predicted molar refractivity (Wildman–Crippen MR) is 75.0 cm³/mol. The summed E-state index contributed by atoms with van der Waals surface area (Å²) in [6.07, 6.45) is 2.34. The summed E-state index contributed by atoms with van der Waals surface area (Å²) in [5.41, 5.74) is 0.379. The molecular weight excluding hydrogens is 278 g/mol. The number of carbonyl (C=O) groups excluding carboxylic acids is 1. The van der Waals surface area contributed by atoms with Crippen LogP contribution in [0.1, 0.15) is 25.3 Å². The zero-order chi connectivity index (χ0) is 15.2. The van der Waals surface area contributed by atoms with Gasteiger partial charge in [0.2, 0.25) is 0 Å². The molecule has 116 valence electrons. The van der Waals surface area contributed by atoms with Crippen LogP contribution in [0.4, 0.5) is 13.6 Å². The van der Waals surface area contributed by atoms with Gasteiger partial charge in [-0.3, -0.25) is 0 Å². The van der Waals surface area contributed by atoms with E-state index >= 15 is 0 Å². The van der Waals surface area contributed by atoms with E-state index in [0.717, 1.165) is 25.5 Å². The molecule has 0 unspecified atom stereocenters. The smallest absolute Gasteiger partial charge is 0.315 e. The van der Waals surface area contributed by atoms with E-state index in [9.17, 15) is 13.6 Å². The maximum atomic E-state index is 13.4. The molecule has 2 amide bonds. The van der Waals surface area contributed by atoms with E-state index in [0.29, 0.717) is 12.0 Å². The van der Waals surface area contributed by atoms with E-state index < -0.39 is 11.6 Å². The number of rotatable bonds is 5. The molecule has 0 saturated carbocycles. The van der Waals surface area contributed by atoms with Gasteiger partial charge >= 0.3 is 6.03 Å². The van der Waals surface area contributed by atoms with Crippen LogP contribution in [0.15, 0.2) is 18.2 Å². The minimum Gasteiger partial charge on any atom is -0.376 e. The van der Waals surface area contributed by atoms with Crippen molar-refractivity contribution < 1.29 is 18.3 Å². The molecule has 1 saturated heterocycles. The van der Waals surface area contributed by atoms with Gasteiger partial charge in [0.15, 0.2) is 0 Å². The molecule has 1 fully saturated rings. The molecule has 4 nitrogen and oxygen atoms in total. The minimum absolute atomic E-state index is 0.0601. The van der Waals surface area contributed by atoms with Crippen molar-refractivity contribution in [3.8, 4) is 0 Å². The Hall–Kier alpha value is -1.69. The van der Waals surface area contributed by atoms with Crippen LogP contribution in [-0.4, -0.2) is 31.3 Å². The first-order valence-electron chi connectivity index (χ1n) is 7.16. The molecular formula is C15H20F2N2O2. The van der Waals surface area contributed by atoms with Crippen LogP contribution in [-0.2, 0) is 11.2 Å². The average molecular weight is 298 g/mol. The molecule has 0 aliphatic carbocycles. The van der Waals surface area contributed by atoms with Crippen molar-refractivity contribution in [1.82, 2.24) is 10.6 Å². The van der Waals surface area contributed by atoms with Gasteiger partial charge in [-0.15, -0.1) is 0 Å². The maximum absolute atomic E-state index is 13.4. The summed E-state index contributed by atoms with van der Waals surface area (Å²) in [6.45, 7) is 2.92. The summed E-state index contributed by atoms with van der Waals surface area (Å²) in [5.74, 6) is -1.20. The number of carbonyl (C=O) groups is 1. The quantitative estimate of drug-likeness (QED) is 0.877. The van der Waals surface area contributed by atoms with Gasteiger partial charge in [-0.05, 0) is 37.8 Å². The lowest BCUT2D eigenvalue weighted by Crippen LogP contribution is -2.46. The molecule has 0 aromatic heterocycles. The molecule has 21 heavy (non-hydrogen) atoms. The van der Waals surface area contributed by atoms with Crippen molar-refractivity contribution in [1.29, 1.82) is 0 Å². The maximum Gasteiger partial charge on any atom is 0.315 e. The van der Waals surface area contributed by atoms with E-state index in [1.807, 2.05) is 6.92 Å². The molecule has 1 heterocycles. The first-order valence-corrected chi connectivity index (χ1v) is 7.16. The van der Waals surface area contributed by atoms with Crippen molar-refractivity contribution in [2.24, 2.45) is 0 Å². The highest BCUT2D eigenvalue weighted by atomic mass is 19.1. The van der Waals surface area contributed by atoms with Crippen LogP contribution in [0.5, 0.6) is 0 Å². The fourth-order valence-corrected chi connectivity index (χ4v) is 2.38. The van der Waals surface area contributed by atoms with Crippen LogP contribution >= 0.6 is 0 Å². The Morgan fingerprint density at radius 2 is 2.29 bits per heavy atom. The average Bonchev–Trinajstić information content (AvgIpc) is 2.95. The number of urea groups is 1. The van der Waals surface area contributed by atoms with Gasteiger partial charge in [-0.2, -0.15) is 0 Å². The Balaban J connectivity index is 1.71. The highest BCUT2D eigenvalue weighted by Crippen LogP contribution is 2.15. The first-order chi connectivity index (χ1) is 10.1. The Labute approximate surface area is 122 Å². The summed E-state index contributed by atoms with van der Waals surface area (Å²) in [5, 5.41) is 5.46. The number of benzene rings is 1. The van der Waals surface area contributed by atoms with Crippen molar-refractivity contribution in [3.63, 3.8) is 0 Å². The highest BCUT2D eigenvalue weighted by molar-refractivity contribution is 5.74. The standard InChI is InChI=1S/C15H20F2N2O2/c1-10(14-3-2-8-21-14)19-15(20)18-7-6-11-4-5-12(16)9-13(11)17/h4-5,9-10,14H,2-3,6-8H2,1H3,(H2,18,19,20)/t10-,14+/m1/s1. The third kappa shape index (κ3) is 4.67. The molecule has 0 bridgehead atoms.